The van der Waals surface area contributed by atoms with Gasteiger partial charge in [-0.2, -0.15) is 0 Å². The zero-order valence-corrected chi connectivity index (χ0v) is 10.1. The Kier molecular flexibility index (Phi) is 4.17. The van der Waals surface area contributed by atoms with Gasteiger partial charge in [-0.1, -0.05) is 0 Å². The number of likely N-dealkylation sites (N-methyl/N-ethyl adjacent to an activating group) is 1. The molecule has 17 heavy (non-hydrogen) atoms. The first-order valence-corrected chi connectivity index (χ1v) is 5.10. The van der Waals surface area contributed by atoms with E-state index in [4.69, 9.17) is 0 Å². The molecule has 0 unspecified atom stereocenters. The molecule has 1 amide bonds. The number of carbonyl (C=O) groups is 1. The van der Waals surface area contributed by atoms with Crippen molar-refractivity contribution < 1.29 is 9.72 Å². The zero-order chi connectivity index (χ0) is 13.0. The Labute approximate surface area is 99.4 Å². The van der Waals surface area contributed by atoms with Crippen LogP contribution in [-0.2, 0) is 4.79 Å². The van der Waals surface area contributed by atoms with Crippen LogP contribution in [0.1, 0.15) is 5.56 Å². The van der Waals surface area contributed by atoms with Crippen molar-refractivity contribution in [2.45, 2.75) is 6.92 Å². The summed E-state index contributed by atoms with van der Waals surface area (Å²) in [6, 6.07) is 4.35. The van der Waals surface area contributed by atoms with E-state index < -0.39 is 4.92 Å². The first kappa shape index (κ1) is 13.1. The molecule has 0 aromatic heterocycles. The highest BCUT2D eigenvalue weighted by atomic mass is 16.6. The van der Waals surface area contributed by atoms with Gasteiger partial charge >= 0.3 is 0 Å². The Hall–Kier alpha value is -1.95. The number of nitrogens with zero attached hydrogens (tertiary/aromatic N) is 2. The van der Waals surface area contributed by atoms with Crippen molar-refractivity contribution in [2.24, 2.45) is 0 Å². The lowest BCUT2D eigenvalue weighted by Gasteiger charge is -2.11. The summed E-state index contributed by atoms with van der Waals surface area (Å²) in [4.78, 5) is 23.3. The summed E-state index contributed by atoms with van der Waals surface area (Å²) in [5.74, 6) is -0.146. The minimum absolute atomic E-state index is 0.0214. The largest absolute Gasteiger partial charge is 0.325 e. The summed E-state index contributed by atoms with van der Waals surface area (Å²) in [5.41, 5.74) is 1.29. The molecule has 0 saturated heterocycles. The number of amides is 1. The Morgan fingerprint density at radius 3 is 2.59 bits per heavy atom. The van der Waals surface area contributed by atoms with Crippen LogP contribution in [-0.4, -0.2) is 36.4 Å². The lowest BCUT2D eigenvalue weighted by molar-refractivity contribution is -0.384. The van der Waals surface area contributed by atoms with E-state index in [1.807, 2.05) is 0 Å². The first-order valence-electron chi connectivity index (χ1n) is 5.10. The Bertz CT molecular complexity index is 444. The third-order valence-corrected chi connectivity index (χ3v) is 2.15. The highest BCUT2D eigenvalue weighted by molar-refractivity contribution is 5.93. The van der Waals surface area contributed by atoms with Crippen LogP contribution in [0, 0.1) is 17.0 Å². The van der Waals surface area contributed by atoms with Crippen LogP contribution in [0.25, 0.3) is 0 Å². The highest BCUT2D eigenvalue weighted by Crippen LogP contribution is 2.20. The normalized spacial score (nSPS) is 10.4. The van der Waals surface area contributed by atoms with Gasteiger partial charge in [-0.3, -0.25) is 14.9 Å². The van der Waals surface area contributed by atoms with Gasteiger partial charge in [0.05, 0.1) is 11.5 Å². The van der Waals surface area contributed by atoms with Gasteiger partial charge in [-0.15, -0.1) is 0 Å². The molecule has 1 aromatic carbocycles. The van der Waals surface area contributed by atoms with Gasteiger partial charge in [0, 0.05) is 17.8 Å². The fourth-order valence-corrected chi connectivity index (χ4v) is 1.38. The maximum atomic E-state index is 11.5. The number of hydrogen-bond acceptors (Lipinski definition) is 4. The van der Waals surface area contributed by atoms with E-state index in [0.29, 0.717) is 11.3 Å². The van der Waals surface area contributed by atoms with Gasteiger partial charge < -0.3 is 10.2 Å². The summed E-state index contributed by atoms with van der Waals surface area (Å²) in [5, 5.41) is 13.2. The maximum Gasteiger partial charge on any atom is 0.269 e. The average molecular weight is 237 g/mol. The molecule has 0 bridgehead atoms. The van der Waals surface area contributed by atoms with E-state index in [1.165, 1.54) is 12.1 Å². The monoisotopic (exact) mass is 237 g/mol. The number of carbonyl (C=O) groups excluding carboxylic acids is 1. The second-order valence-corrected chi connectivity index (χ2v) is 4.04. The van der Waals surface area contributed by atoms with Gasteiger partial charge in [0.25, 0.3) is 5.69 Å². The summed E-state index contributed by atoms with van der Waals surface area (Å²) < 4.78 is 0. The van der Waals surface area contributed by atoms with E-state index in [1.54, 1.807) is 32.0 Å². The van der Waals surface area contributed by atoms with Crippen molar-refractivity contribution in [3.63, 3.8) is 0 Å². The van der Waals surface area contributed by atoms with Crippen molar-refractivity contribution in [1.82, 2.24) is 4.90 Å². The van der Waals surface area contributed by atoms with Gasteiger partial charge in [0.1, 0.15) is 0 Å². The zero-order valence-electron chi connectivity index (χ0n) is 10.1. The molecule has 6 heteroatoms. The Balaban J connectivity index is 2.79. The number of anilines is 1. The predicted molar refractivity (Wildman–Crippen MR) is 65.0 cm³/mol. The molecule has 6 nitrogen and oxygen atoms in total. The van der Waals surface area contributed by atoms with Crippen molar-refractivity contribution in [3.8, 4) is 0 Å². The third-order valence-electron chi connectivity index (χ3n) is 2.15. The quantitative estimate of drug-likeness (QED) is 0.634. The summed E-state index contributed by atoms with van der Waals surface area (Å²) in [6.07, 6.45) is 0. The number of hydrogen-bond donors (Lipinski definition) is 1. The molecule has 92 valence electrons. The first-order chi connectivity index (χ1) is 7.90. The standard InChI is InChI=1S/C11H15N3O3/c1-8-6-9(14(16)17)4-5-10(8)12-11(15)7-13(2)3/h4-6H,7H2,1-3H3,(H,12,15). The summed E-state index contributed by atoms with van der Waals surface area (Å²) in [6.45, 7) is 1.99. The van der Waals surface area contributed by atoms with E-state index >= 15 is 0 Å². The number of nitro groups is 1. The fourth-order valence-electron chi connectivity index (χ4n) is 1.38. The van der Waals surface area contributed by atoms with E-state index in [2.05, 4.69) is 5.32 Å². The summed E-state index contributed by atoms with van der Waals surface area (Å²) in [7, 11) is 3.59. The number of rotatable bonds is 4. The molecule has 1 rings (SSSR count). The van der Waals surface area contributed by atoms with Gasteiger partial charge in [0.15, 0.2) is 0 Å². The molecule has 0 spiro atoms. The van der Waals surface area contributed by atoms with Crippen LogP contribution >= 0.6 is 0 Å². The number of non-ortho nitro benzene ring substituents is 1. The van der Waals surface area contributed by atoms with Crippen molar-refractivity contribution in [2.75, 3.05) is 26.0 Å². The van der Waals surface area contributed by atoms with Crippen molar-refractivity contribution >= 4 is 17.3 Å². The van der Waals surface area contributed by atoms with Crippen LogP contribution in [0.3, 0.4) is 0 Å². The van der Waals surface area contributed by atoms with Gasteiger partial charge in [0.2, 0.25) is 5.91 Å². The van der Waals surface area contributed by atoms with E-state index in [-0.39, 0.29) is 18.1 Å². The maximum absolute atomic E-state index is 11.5. The smallest absolute Gasteiger partial charge is 0.269 e. The molecule has 0 heterocycles. The van der Waals surface area contributed by atoms with Crippen LogP contribution in [0.4, 0.5) is 11.4 Å². The topological polar surface area (TPSA) is 75.5 Å². The number of nitro benzene ring substituents is 1. The molecule has 0 aliphatic heterocycles. The van der Waals surface area contributed by atoms with Gasteiger partial charge in [-0.05, 0) is 32.6 Å². The van der Waals surface area contributed by atoms with Gasteiger partial charge in [-0.25, -0.2) is 0 Å². The summed E-state index contributed by atoms with van der Waals surface area (Å²) >= 11 is 0. The molecule has 0 fully saturated rings. The molecule has 0 aliphatic carbocycles. The SMILES string of the molecule is Cc1cc([N+](=O)[O-])ccc1NC(=O)CN(C)C. The number of benzene rings is 1. The van der Waals surface area contributed by atoms with Crippen LogP contribution < -0.4 is 5.32 Å². The van der Waals surface area contributed by atoms with E-state index in [0.717, 1.165) is 0 Å². The minimum atomic E-state index is -0.460. The molecule has 1 N–H and O–H groups in total. The third kappa shape index (κ3) is 3.84. The Morgan fingerprint density at radius 1 is 1.47 bits per heavy atom. The Morgan fingerprint density at radius 2 is 2.12 bits per heavy atom. The average Bonchev–Trinajstić information content (AvgIpc) is 2.19. The molecular weight excluding hydrogens is 222 g/mol. The highest BCUT2D eigenvalue weighted by Gasteiger charge is 2.10. The van der Waals surface area contributed by atoms with Crippen LogP contribution in [0.5, 0.6) is 0 Å². The molecule has 0 radical (unpaired) electrons. The number of aryl methyl sites for hydroxylation is 1. The fraction of sp³-hybridized carbons (Fsp3) is 0.364. The second kappa shape index (κ2) is 5.40. The number of nitrogens with one attached hydrogen (secondary N) is 1. The molecule has 0 saturated carbocycles. The molecule has 0 aliphatic rings. The van der Waals surface area contributed by atoms with Crippen LogP contribution in [0.2, 0.25) is 0 Å². The minimum Gasteiger partial charge on any atom is -0.325 e. The second-order valence-electron chi connectivity index (χ2n) is 4.04. The molecule has 1 aromatic rings. The van der Waals surface area contributed by atoms with Crippen LogP contribution in [0.15, 0.2) is 18.2 Å². The van der Waals surface area contributed by atoms with Crippen molar-refractivity contribution in [3.05, 3.63) is 33.9 Å². The molecular formula is C11H15N3O3. The molecule has 0 atom stereocenters. The van der Waals surface area contributed by atoms with E-state index in [9.17, 15) is 14.9 Å². The van der Waals surface area contributed by atoms with Crippen molar-refractivity contribution in [1.29, 1.82) is 0 Å². The lowest BCUT2D eigenvalue weighted by Crippen LogP contribution is -2.27. The lowest BCUT2D eigenvalue weighted by atomic mass is 10.2. The predicted octanol–water partition coefficient (Wildman–Crippen LogP) is 1.40.